The van der Waals surface area contributed by atoms with Gasteiger partial charge in [0.25, 0.3) is 0 Å². The lowest BCUT2D eigenvalue weighted by atomic mass is 9.95. The highest BCUT2D eigenvalue weighted by atomic mass is 35.5. The number of halogens is 3. The van der Waals surface area contributed by atoms with E-state index in [-0.39, 0.29) is 11.8 Å². The highest BCUT2D eigenvalue weighted by Gasteiger charge is 2.25. The second-order valence-corrected chi connectivity index (χ2v) is 7.56. The van der Waals surface area contributed by atoms with E-state index >= 15 is 0 Å². The zero-order valence-electron chi connectivity index (χ0n) is 13.6. The fourth-order valence-electron chi connectivity index (χ4n) is 3.02. The summed E-state index contributed by atoms with van der Waals surface area (Å²) >= 11 is 18.0. The Morgan fingerprint density at radius 3 is 2.28 bits per heavy atom. The summed E-state index contributed by atoms with van der Waals surface area (Å²) in [4.78, 5) is 14.7. The Morgan fingerprint density at radius 1 is 1.00 bits per heavy atom. The van der Waals surface area contributed by atoms with Crippen molar-refractivity contribution in [1.82, 2.24) is 4.90 Å². The van der Waals surface area contributed by atoms with Crippen molar-refractivity contribution >= 4 is 46.4 Å². The SMILES string of the molecule is O=C(Nc1ccc(Cl)cc1)C1CCN(Cc2ccc(Cl)cc2Cl)CC1. The standard InChI is InChI=1S/C19H19Cl3N2O/c20-15-3-5-17(6-4-15)23-19(25)13-7-9-24(10-8-13)12-14-1-2-16(21)11-18(14)22/h1-6,11,13H,7-10,12H2,(H,23,25). The first kappa shape index (κ1) is 18.5. The molecule has 0 unspecified atom stereocenters. The number of likely N-dealkylation sites (tertiary alicyclic amines) is 1. The van der Waals surface area contributed by atoms with Crippen LogP contribution in [0.4, 0.5) is 5.69 Å². The third kappa shape index (κ3) is 5.11. The first-order valence-electron chi connectivity index (χ1n) is 8.24. The summed E-state index contributed by atoms with van der Waals surface area (Å²) in [5, 5.41) is 4.96. The van der Waals surface area contributed by atoms with Gasteiger partial charge in [-0.3, -0.25) is 9.69 Å². The van der Waals surface area contributed by atoms with Crippen LogP contribution in [0, 0.1) is 5.92 Å². The molecule has 1 heterocycles. The van der Waals surface area contributed by atoms with Crippen molar-refractivity contribution in [2.75, 3.05) is 18.4 Å². The topological polar surface area (TPSA) is 32.3 Å². The van der Waals surface area contributed by atoms with Crippen molar-refractivity contribution in [3.05, 3.63) is 63.1 Å². The molecule has 0 atom stereocenters. The van der Waals surface area contributed by atoms with E-state index in [1.807, 2.05) is 24.3 Å². The summed E-state index contributed by atoms with van der Waals surface area (Å²) in [6.07, 6.45) is 1.68. The minimum Gasteiger partial charge on any atom is -0.326 e. The summed E-state index contributed by atoms with van der Waals surface area (Å²) < 4.78 is 0. The number of rotatable bonds is 4. The lowest BCUT2D eigenvalue weighted by Crippen LogP contribution is -2.37. The Bertz CT molecular complexity index is 741. The van der Waals surface area contributed by atoms with Crippen molar-refractivity contribution in [1.29, 1.82) is 0 Å². The fourth-order valence-corrected chi connectivity index (χ4v) is 3.62. The number of carbonyl (C=O) groups excluding carboxylic acids is 1. The second kappa shape index (κ2) is 8.41. The number of benzene rings is 2. The number of nitrogens with one attached hydrogen (secondary N) is 1. The van der Waals surface area contributed by atoms with Crippen molar-refractivity contribution in [3.8, 4) is 0 Å². The molecule has 3 nitrogen and oxygen atoms in total. The minimum atomic E-state index is 0.0348. The second-order valence-electron chi connectivity index (χ2n) is 6.28. The molecular weight excluding hydrogens is 379 g/mol. The lowest BCUT2D eigenvalue weighted by Gasteiger charge is -2.31. The van der Waals surface area contributed by atoms with Gasteiger partial charge in [0.1, 0.15) is 0 Å². The predicted molar refractivity (Wildman–Crippen MR) is 105 cm³/mol. The van der Waals surface area contributed by atoms with Crippen molar-refractivity contribution in [2.45, 2.75) is 19.4 Å². The molecule has 132 valence electrons. The minimum absolute atomic E-state index is 0.0348. The Labute approximate surface area is 162 Å². The lowest BCUT2D eigenvalue weighted by molar-refractivity contribution is -0.121. The molecule has 0 radical (unpaired) electrons. The zero-order valence-corrected chi connectivity index (χ0v) is 15.9. The number of hydrogen-bond acceptors (Lipinski definition) is 2. The van der Waals surface area contributed by atoms with E-state index in [0.717, 1.165) is 43.7 Å². The molecule has 1 fully saturated rings. The quantitative estimate of drug-likeness (QED) is 0.739. The number of anilines is 1. The number of nitrogens with zero attached hydrogens (tertiary/aromatic N) is 1. The third-order valence-electron chi connectivity index (χ3n) is 4.48. The highest BCUT2D eigenvalue weighted by Crippen LogP contribution is 2.25. The first-order chi connectivity index (χ1) is 12.0. The van der Waals surface area contributed by atoms with Gasteiger partial charge in [0.2, 0.25) is 5.91 Å². The van der Waals surface area contributed by atoms with Crippen LogP contribution in [0.5, 0.6) is 0 Å². The van der Waals surface area contributed by atoms with Crippen LogP contribution >= 0.6 is 34.8 Å². The van der Waals surface area contributed by atoms with Gasteiger partial charge in [-0.1, -0.05) is 40.9 Å². The third-order valence-corrected chi connectivity index (χ3v) is 5.32. The number of amides is 1. The Balaban J connectivity index is 1.51. The average Bonchev–Trinajstić information content (AvgIpc) is 2.60. The van der Waals surface area contributed by atoms with E-state index < -0.39 is 0 Å². The summed E-state index contributed by atoms with van der Waals surface area (Å²) in [6, 6.07) is 12.8. The smallest absolute Gasteiger partial charge is 0.227 e. The molecule has 1 saturated heterocycles. The van der Waals surface area contributed by atoms with E-state index in [0.29, 0.717) is 15.1 Å². The Morgan fingerprint density at radius 2 is 1.64 bits per heavy atom. The van der Waals surface area contributed by atoms with Crippen LogP contribution in [0.25, 0.3) is 0 Å². The maximum Gasteiger partial charge on any atom is 0.227 e. The van der Waals surface area contributed by atoms with Gasteiger partial charge in [0.15, 0.2) is 0 Å². The van der Waals surface area contributed by atoms with Crippen LogP contribution in [-0.4, -0.2) is 23.9 Å². The molecule has 2 aromatic rings. The molecule has 25 heavy (non-hydrogen) atoms. The van der Waals surface area contributed by atoms with Gasteiger partial charge in [-0.15, -0.1) is 0 Å². The molecule has 2 aromatic carbocycles. The van der Waals surface area contributed by atoms with Crippen molar-refractivity contribution in [3.63, 3.8) is 0 Å². The molecule has 6 heteroatoms. The van der Waals surface area contributed by atoms with E-state index in [1.54, 1.807) is 18.2 Å². The molecule has 1 aliphatic rings. The molecule has 1 amide bonds. The number of hydrogen-bond donors (Lipinski definition) is 1. The molecule has 1 aliphatic heterocycles. The van der Waals surface area contributed by atoms with Gasteiger partial charge in [0.05, 0.1) is 0 Å². The number of carbonyl (C=O) groups is 1. The Kier molecular flexibility index (Phi) is 6.24. The monoisotopic (exact) mass is 396 g/mol. The van der Waals surface area contributed by atoms with E-state index in [9.17, 15) is 4.79 Å². The summed E-state index contributed by atoms with van der Waals surface area (Å²) in [5.41, 5.74) is 1.85. The van der Waals surface area contributed by atoms with Crippen LogP contribution in [0.2, 0.25) is 15.1 Å². The fraction of sp³-hybridized carbons (Fsp3) is 0.316. The molecular formula is C19H19Cl3N2O. The van der Waals surface area contributed by atoms with E-state index in [4.69, 9.17) is 34.8 Å². The van der Waals surface area contributed by atoms with Gasteiger partial charge in [-0.05, 0) is 67.9 Å². The molecule has 1 N–H and O–H groups in total. The van der Waals surface area contributed by atoms with Crippen LogP contribution in [-0.2, 0) is 11.3 Å². The molecule has 0 spiro atoms. The molecule has 0 bridgehead atoms. The molecule has 3 rings (SSSR count). The van der Waals surface area contributed by atoms with Crippen LogP contribution in [0.1, 0.15) is 18.4 Å². The largest absolute Gasteiger partial charge is 0.326 e. The summed E-state index contributed by atoms with van der Waals surface area (Å²) in [7, 11) is 0. The maximum absolute atomic E-state index is 12.4. The van der Waals surface area contributed by atoms with E-state index in [2.05, 4.69) is 10.2 Å². The Hall–Kier alpha value is -1.26. The van der Waals surface area contributed by atoms with E-state index in [1.165, 1.54) is 0 Å². The van der Waals surface area contributed by atoms with Crippen LogP contribution in [0.15, 0.2) is 42.5 Å². The van der Waals surface area contributed by atoms with Crippen molar-refractivity contribution < 1.29 is 4.79 Å². The molecule has 0 aromatic heterocycles. The highest BCUT2D eigenvalue weighted by molar-refractivity contribution is 6.35. The normalized spacial score (nSPS) is 16.0. The van der Waals surface area contributed by atoms with Gasteiger partial charge in [-0.25, -0.2) is 0 Å². The molecule has 0 aliphatic carbocycles. The van der Waals surface area contributed by atoms with Gasteiger partial charge in [-0.2, -0.15) is 0 Å². The van der Waals surface area contributed by atoms with Gasteiger partial charge >= 0.3 is 0 Å². The average molecular weight is 398 g/mol. The molecule has 0 saturated carbocycles. The van der Waals surface area contributed by atoms with Gasteiger partial charge in [0, 0.05) is 33.2 Å². The van der Waals surface area contributed by atoms with Crippen molar-refractivity contribution in [2.24, 2.45) is 5.92 Å². The zero-order chi connectivity index (χ0) is 17.8. The van der Waals surface area contributed by atoms with Crippen LogP contribution in [0.3, 0.4) is 0 Å². The van der Waals surface area contributed by atoms with Crippen LogP contribution < -0.4 is 5.32 Å². The van der Waals surface area contributed by atoms with Gasteiger partial charge < -0.3 is 5.32 Å². The summed E-state index contributed by atoms with van der Waals surface area (Å²) in [6.45, 7) is 2.52. The summed E-state index contributed by atoms with van der Waals surface area (Å²) in [5.74, 6) is 0.110. The predicted octanol–water partition coefficient (Wildman–Crippen LogP) is 5.50. The first-order valence-corrected chi connectivity index (χ1v) is 9.37. The maximum atomic E-state index is 12.4. The number of piperidine rings is 1.